The van der Waals surface area contributed by atoms with Gasteiger partial charge in [0.25, 0.3) is 5.56 Å². The fourth-order valence-electron chi connectivity index (χ4n) is 4.09. The van der Waals surface area contributed by atoms with Crippen LogP contribution in [0, 0.1) is 0 Å². The minimum absolute atomic E-state index is 0.00619. The second kappa shape index (κ2) is 7.88. The van der Waals surface area contributed by atoms with Crippen molar-refractivity contribution in [2.45, 2.75) is 43.8 Å². The summed E-state index contributed by atoms with van der Waals surface area (Å²) in [5, 5.41) is 10.0. The first-order valence-corrected chi connectivity index (χ1v) is 11.8. The van der Waals surface area contributed by atoms with Gasteiger partial charge in [-0.1, -0.05) is 42.1 Å². The van der Waals surface area contributed by atoms with E-state index in [9.17, 15) is 9.59 Å². The van der Waals surface area contributed by atoms with Crippen LogP contribution in [0.2, 0.25) is 0 Å². The van der Waals surface area contributed by atoms with E-state index in [0.29, 0.717) is 17.5 Å². The van der Waals surface area contributed by atoms with Crippen LogP contribution in [0.25, 0.3) is 16.0 Å². The fraction of sp³-hybridized carbons (Fsp3) is 0.333. The molecule has 0 radical (unpaired) electrons. The van der Waals surface area contributed by atoms with Crippen molar-refractivity contribution in [2.75, 3.05) is 5.75 Å². The fourth-order valence-corrected chi connectivity index (χ4v) is 6.20. The number of amides is 1. The van der Waals surface area contributed by atoms with Crippen LogP contribution in [0.5, 0.6) is 0 Å². The van der Waals surface area contributed by atoms with Gasteiger partial charge in [0.1, 0.15) is 4.83 Å². The number of nitrogens with two attached hydrogens (primary N) is 1. The van der Waals surface area contributed by atoms with Crippen LogP contribution in [-0.4, -0.2) is 30.8 Å². The number of aromatic nitrogens is 4. The Morgan fingerprint density at radius 1 is 1.17 bits per heavy atom. The summed E-state index contributed by atoms with van der Waals surface area (Å²) in [6, 6.07) is 10.1. The van der Waals surface area contributed by atoms with Crippen molar-refractivity contribution in [3.63, 3.8) is 0 Å². The van der Waals surface area contributed by atoms with Gasteiger partial charge in [-0.2, -0.15) is 0 Å². The van der Waals surface area contributed by atoms with E-state index in [4.69, 9.17) is 5.73 Å². The molecule has 0 spiro atoms. The average Bonchev–Trinajstić information content (AvgIpc) is 3.34. The number of thioether (sulfide) groups is 1. The highest BCUT2D eigenvalue weighted by Crippen LogP contribution is 2.36. The minimum Gasteiger partial charge on any atom is -0.369 e. The summed E-state index contributed by atoms with van der Waals surface area (Å²) in [5.74, 6) is 0.237. The molecule has 0 saturated carbocycles. The van der Waals surface area contributed by atoms with Gasteiger partial charge in [0.2, 0.25) is 11.7 Å². The molecule has 7 nitrogen and oxygen atoms in total. The lowest BCUT2D eigenvalue weighted by Gasteiger charge is -2.12. The molecule has 30 heavy (non-hydrogen) atoms. The highest BCUT2D eigenvalue weighted by molar-refractivity contribution is 7.99. The molecule has 4 aromatic rings. The summed E-state index contributed by atoms with van der Waals surface area (Å²) in [4.78, 5) is 27.1. The highest BCUT2D eigenvalue weighted by Gasteiger charge is 2.25. The molecule has 0 bridgehead atoms. The topological polar surface area (TPSA) is 95.3 Å². The summed E-state index contributed by atoms with van der Waals surface area (Å²) in [5.41, 5.74) is 7.69. The molecule has 5 rings (SSSR count). The maximum absolute atomic E-state index is 13.6. The molecule has 3 heterocycles. The number of primary amides is 1. The zero-order valence-corrected chi connectivity index (χ0v) is 18.0. The van der Waals surface area contributed by atoms with Gasteiger partial charge in [-0.15, -0.1) is 21.5 Å². The number of carbonyl (C=O) groups is 1. The number of rotatable bonds is 6. The molecule has 1 amide bonds. The van der Waals surface area contributed by atoms with E-state index in [-0.39, 0.29) is 11.3 Å². The molecule has 0 saturated heterocycles. The lowest BCUT2D eigenvalue weighted by Crippen LogP contribution is -2.24. The Bertz CT molecular complexity index is 1310. The van der Waals surface area contributed by atoms with E-state index in [1.165, 1.54) is 22.2 Å². The van der Waals surface area contributed by atoms with Gasteiger partial charge in [0.05, 0.1) is 11.1 Å². The first kappa shape index (κ1) is 19.3. The molecule has 0 atom stereocenters. The minimum atomic E-state index is -0.407. The highest BCUT2D eigenvalue weighted by atomic mass is 32.2. The molecule has 0 aliphatic heterocycles. The zero-order chi connectivity index (χ0) is 20.7. The molecule has 9 heteroatoms. The summed E-state index contributed by atoms with van der Waals surface area (Å²) in [7, 11) is 0. The molecule has 1 aliphatic carbocycles. The van der Waals surface area contributed by atoms with E-state index in [1.807, 2.05) is 22.6 Å². The van der Waals surface area contributed by atoms with Crippen molar-refractivity contribution in [2.24, 2.45) is 5.73 Å². The van der Waals surface area contributed by atoms with Crippen molar-refractivity contribution in [1.29, 1.82) is 0 Å². The van der Waals surface area contributed by atoms with Crippen molar-refractivity contribution >= 4 is 45.0 Å². The van der Waals surface area contributed by atoms with Crippen LogP contribution < -0.4 is 11.3 Å². The lowest BCUT2D eigenvalue weighted by molar-refractivity contribution is -0.115. The molecule has 2 N–H and O–H groups in total. The summed E-state index contributed by atoms with van der Waals surface area (Å²) in [6.07, 6.45) is 4.92. The van der Waals surface area contributed by atoms with Crippen LogP contribution in [0.15, 0.2) is 40.3 Å². The first-order valence-electron chi connectivity index (χ1n) is 10.0. The quantitative estimate of drug-likeness (QED) is 0.466. The predicted octanol–water partition coefficient (Wildman–Crippen LogP) is 2.80. The van der Waals surface area contributed by atoms with Gasteiger partial charge in [-0.3, -0.25) is 14.2 Å². The third-order valence-electron chi connectivity index (χ3n) is 5.48. The molecule has 1 aromatic carbocycles. The largest absolute Gasteiger partial charge is 0.369 e. The van der Waals surface area contributed by atoms with Crippen LogP contribution in [0.3, 0.4) is 0 Å². The number of carbonyl (C=O) groups excluding carboxylic acids is 1. The second-order valence-corrected chi connectivity index (χ2v) is 9.48. The van der Waals surface area contributed by atoms with Gasteiger partial charge in [-0.25, -0.2) is 4.40 Å². The van der Waals surface area contributed by atoms with E-state index >= 15 is 0 Å². The van der Waals surface area contributed by atoms with Crippen molar-refractivity contribution < 1.29 is 4.79 Å². The molecular formula is C21H21N5O2S2. The number of fused-ring (bicyclic) bond motifs is 5. The van der Waals surface area contributed by atoms with Gasteiger partial charge in [-0.05, 0) is 43.2 Å². The maximum atomic E-state index is 13.6. The van der Waals surface area contributed by atoms with Crippen molar-refractivity contribution in [3.05, 3.63) is 56.7 Å². The Balaban J connectivity index is 1.70. The van der Waals surface area contributed by atoms with E-state index in [0.717, 1.165) is 47.9 Å². The summed E-state index contributed by atoms with van der Waals surface area (Å²) >= 11 is 2.92. The van der Waals surface area contributed by atoms with Gasteiger partial charge < -0.3 is 5.73 Å². The molecular weight excluding hydrogens is 418 g/mol. The zero-order valence-electron chi connectivity index (χ0n) is 16.3. The lowest BCUT2D eigenvalue weighted by atomic mass is 9.97. The molecule has 3 aromatic heterocycles. The third-order valence-corrected chi connectivity index (χ3v) is 7.71. The van der Waals surface area contributed by atoms with Crippen molar-refractivity contribution in [3.8, 4) is 0 Å². The molecule has 0 fully saturated rings. The summed E-state index contributed by atoms with van der Waals surface area (Å²) < 4.78 is 3.68. The standard InChI is InChI=1S/C21H21N5O2S2/c22-16(27)12-29-21-24-23-20-25(11-10-13-6-2-1-3-7-13)18(28)17-14-8-4-5-9-15(14)30-19(17)26(20)21/h1-3,6-7H,4-5,8-12H2,(H2,22,27). The summed E-state index contributed by atoms with van der Waals surface area (Å²) in [6.45, 7) is 0.519. The molecule has 0 unspecified atom stereocenters. The van der Waals surface area contributed by atoms with E-state index in [2.05, 4.69) is 22.3 Å². The predicted molar refractivity (Wildman–Crippen MR) is 119 cm³/mol. The van der Waals surface area contributed by atoms with E-state index in [1.54, 1.807) is 15.9 Å². The van der Waals surface area contributed by atoms with Crippen LogP contribution >= 0.6 is 23.1 Å². The van der Waals surface area contributed by atoms with Gasteiger partial charge in [0.15, 0.2) is 5.16 Å². The normalized spacial score (nSPS) is 13.7. The number of hydrogen-bond donors (Lipinski definition) is 1. The third kappa shape index (κ3) is 3.31. The Morgan fingerprint density at radius 2 is 1.97 bits per heavy atom. The molecule has 1 aliphatic rings. The Kier molecular flexibility index (Phi) is 5.08. The van der Waals surface area contributed by atoms with Crippen molar-refractivity contribution in [1.82, 2.24) is 19.2 Å². The number of aryl methyl sites for hydroxylation is 4. The van der Waals surface area contributed by atoms with Crippen LogP contribution in [0.4, 0.5) is 0 Å². The Hall–Kier alpha value is -2.65. The van der Waals surface area contributed by atoms with Crippen LogP contribution in [-0.2, 0) is 30.6 Å². The number of nitrogens with zero attached hydrogens (tertiary/aromatic N) is 4. The smallest absolute Gasteiger partial charge is 0.263 e. The van der Waals surface area contributed by atoms with Gasteiger partial charge >= 0.3 is 0 Å². The maximum Gasteiger partial charge on any atom is 0.263 e. The SMILES string of the molecule is NC(=O)CSc1nnc2n(CCc3ccccc3)c(=O)c3c4c(sc3n12)CCCC4. The Morgan fingerprint density at radius 3 is 2.77 bits per heavy atom. The number of benzene rings is 1. The average molecular weight is 440 g/mol. The van der Waals surface area contributed by atoms with Gasteiger partial charge in [0, 0.05) is 11.4 Å². The second-order valence-electron chi connectivity index (χ2n) is 7.46. The Labute approximate surface area is 180 Å². The number of hydrogen-bond acceptors (Lipinski definition) is 6. The van der Waals surface area contributed by atoms with E-state index < -0.39 is 5.91 Å². The van der Waals surface area contributed by atoms with Crippen LogP contribution in [0.1, 0.15) is 28.8 Å². The monoisotopic (exact) mass is 439 g/mol. The molecule has 154 valence electrons. The first-order chi connectivity index (χ1) is 14.6. The number of thiophene rings is 1.